The lowest BCUT2D eigenvalue weighted by Gasteiger charge is -2.07. The van der Waals surface area contributed by atoms with Crippen LogP contribution in [0.4, 0.5) is 4.39 Å². The summed E-state index contributed by atoms with van der Waals surface area (Å²) in [7, 11) is 0. The number of thiophene rings is 1. The Morgan fingerprint density at radius 2 is 2.00 bits per heavy atom. The van der Waals surface area contributed by atoms with E-state index in [-0.39, 0.29) is 5.82 Å². The van der Waals surface area contributed by atoms with E-state index >= 15 is 0 Å². The summed E-state index contributed by atoms with van der Waals surface area (Å²) in [5.74, 6) is -0.171. The van der Waals surface area contributed by atoms with Gasteiger partial charge in [-0.25, -0.2) is 4.39 Å². The molecule has 0 saturated heterocycles. The predicted molar refractivity (Wildman–Crippen MR) is 85.3 cm³/mol. The van der Waals surface area contributed by atoms with Crippen molar-refractivity contribution in [2.24, 2.45) is 0 Å². The van der Waals surface area contributed by atoms with Crippen LogP contribution in [-0.2, 0) is 22.6 Å². The molecule has 0 amide bonds. The monoisotopic (exact) mass is 311 g/mol. The molecule has 21 heavy (non-hydrogen) atoms. The molecule has 0 aliphatic carbocycles. The molecule has 0 unspecified atom stereocenters. The van der Waals surface area contributed by atoms with Crippen LogP contribution in [0.25, 0.3) is 10.1 Å². The van der Waals surface area contributed by atoms with E-state index in [0.29, 0.717) is 31.8 Å². The first-order valence-electron chi connectivity index (χ1n) is 7.32. The highest BCUT2D eigenvalue weighted by Crippen LogP contribution is 2.33. The zero-order chi connectivity index (χ0) is 15.1. The Hall–Kier alpha value is -1.01. The van der Waals surface area contributed by atoms with Crippen molar-refractivity contribution in [3.05, 3.63) is 34.5 Å². The molecule has 1 heterocycles. The summed E-state index contributed by atoms with van der Waals surface area (Å²) in [5, 5.41) is 4.00. The average Bonchev–Trinajstić information content (AvgIpc) is 2.84. The van der Waals surface area contributed by atoms with Gasteiger partial charge in [-0.2, -0.15) is 0 Å². The van der Waals surface area contributed by atoms with E-state index < -0.39 is 0 Å². The van der Waals surface area contributed by atoms with Gasteiger partial charge in [0.15, 0.2) is 0 Å². The van der Waals surface area contributed by atoms with Gasteiger partial charge in [0.2, 0.25) is 0 Å². The van der Waals surface area contributed by atoms with Gasteiger partial charge >= 0.3 is 0 Å². The minimum atomic E-state index is -0.171. The topological polar surface area (TPSA) is 30.5 Å². The van der Waals surface area contributed by atoms with E-state index in [2.05, 4.69) is 12.2 Å². The van der Waals surface area contributed by atoms with Crippen molar-refractivity contribution in [2.75, 3.05) is 26.4 Å². The molecule has 0 spiro atoms. The highest BCUT2D eigenvalue weighted by molar-refractivity contribution is 7.19. The Bertz CT molecular complexity index is 571. The van der Waals surface area contributed by atoms with Gasteiger partial charge in [0.05, 0.1) is 19.8 Å². The van der Waals surface area contributed by atoms with Gasteiger partial charge in [0, 0.05) is 33.7 Å². The highest BCUT2D eigenvalue weighted by atomic mass is 32.1. The second-order valence-electron chi connectivity index (χ2n) is 4.65. The first-order chi connectivity index (χ1) is 10.3. The Kier molecular flexibility index (Phi) is 6.57. The Morgan fingerprint density at radius 1 is 1.19 bits per heavy atom. The highest BCUT2D eigenvalue weighted by Gasteiger charge is 2.15. The lowest BCUT2D eigenvalue weighted by molar-refractivity contribution is 0.0455. The van der Waals surface area contributed by atoms with Crippen LogP contribution in [0, 0.1) is 5.82 Å². The van der Waals surface area contributed by atoms with Crippen LogP contribution in [0.15, 0.2) is 18.2 Å². The van der Waals surface area contributed by atoms with Crippen LogP contribution in [0.3, 0.4) is 0 Å². The fourth-order valence-electron chi connectivity index (χ4n) is 2.19. The minimum Gasteiger partial charge on any atom is -0.379 e. The van der Waals surface area contributed by atoms with Crippen LogP contribution in [0.1, 0.15) is 24.3 Å². The lowest BCUT2D eigenvalue weighted by atomic mass is 10.1. The molecule has 0 radical (unpaired) electrons. The smallest absolute Gasteiger partial charge is 0.132 e. The molecular formula is C16H22FNO2S. The fraction of sp³-hybridized carbons (Fsp3) is 0.500. The number of ether oxygens (including phenoxy) is 2. The van der Waals surface area contributed by atoms with Crippen molar-refractivity contribution in [3.63, 3.8) is 0 Å². The molecule has 0 aliphatic rings. The Balaban J connectivity index is 2.16. The third kappa shape index (κ3) is 4.23. The molecule has 2 aromatic rings. The van der Waals surface area contributed by atoms with Crippen LogP contribution < -0.4 is 5.32 Å². The van der Waals surface area contributed by atoms with Crippen molar-refractivity contribution >= 4 is 21.4 Å². The zero-order valence-electron chi connectivity index (χ0n) is 12.6. The summed E-state index contributed by atoms with van der Waals surface area (Å²) in [6.07, 6.45) is 0. The van der Waals surface area contributed by atoms with E-state index in [1.54, 1.807) is 17.4 Å². The van der Waals surface area contributed by atoms with Crippen LogP contribution in [0.5, 0.6) is 0 Å². The summed E-state index contributed by atoms with van der Waals surface area (Å²) in [5.41, 5.74) is 0.963. The first kappa shape index (κ1) is 16.4. The predicted octanol–water partition coefficient (Wildman–Crippen LogP) is 3.70. The normalized spacial score (nSPS) is 11.4. The van der Waals surface area contributed by atoms with Crippen LogP contribution in [-0.4, -0.2) is 26.4 Å². The molecule has 1 aromatic carbocycles. The van der Waals surface area contributed by atoms with Crippen molar-refractivity contribution in [1.82, 2.24) is 5.32 Å². The summed E-state index contributed by atoms with van der Waals surface area (Å²) >= 11 is 1.63. The first-order valence-corrected chi connectivity index (χ1v) is 8.14. The Labute approximate surface area is 129 Å². The van der Waals surface area contributed by atoms with Gasteiger partial charge in [-0.15, -0.1) is 11.3 Å². The molecule has 0 fully saturated rings. The summed E-state index contributed by atoms with van der Waals surface area (Å²) in [6, 6.07) is 5.23. The molecule has 116 valence electrons. The van der Waals surface area contributed by atoms with Crippen molar-refractivity contribution < 1.29 is 13.9 Å². The zero-order valence-corrected chi connectivity index (χ0v) is 13.4. The molecule has 0 saturated carbocycles. The van der Waals surface area contributed by atoms with Gasteiger partial charge in [-0.05, 0) is 25.6 Å². The molecule has 2 rings (SSSR count). The second kappa shape index (κ2) is 8.44. The molecule has 1 aromatic heterocycles. The van der Waals surface area contributed by atoms with E-state index in [1.807, 2.05) is 13.0 Å². The van der Waals surface area contributed by atoms with Gasteiger partial charge in [0.25, 0.3) is 0 Å². The van der Waals surface area contributed by atoms with Crippen LogP contribution >= 0.6 is 11.3 Å². The molecule has 0 aliphatic heterocycles. The fourth-order valence-corrected chi connectivity index (χ4v) is 3.38. The van der Waals surface area contributed by atoms with Gasteiger partial charge in [-0.1, -0.05) is 13.0 Å². The van der Waals surface area contributed by atoms with Crippen molar-refractivity contribution in [1.29, 1.82) is 0 Å². The number of nitrogens with one attached hydrogen (secondary N) is 1. The van der Waals surface area contributed by atoms with E-state index in [9.17, 15) is 4.39 Å². The number of hydrogen-bond donors (Lipinski definition) is 1. The minimum absolute atomic E-state index is 0.171. The maximum atomic E-state index is 14.1. The molecular weight excluding hydrogens is 289 g/mol. The standard InChI is InChI=1S/C16H22FNO2S/c1-3-18-10-15-12(11-20-9-8-19-4-2)16-13(17)6-5-7-14(16)21-15/h5-7,18H,3-4,8-11H2,1-2H3. The van der Waals surface area contributed by atoms with E-state index in [0.717, 1.165) is 28.2 Å². The number of fused-ring (bicyclic) bond motifs is 1. The summed E-state index contributed by atoms with van der Waals surface area (Å²) < 4.78 is 26.0. The molecule has 5 heteroatoms. The summed E-state index contributed by atoms with van der Waals surface area (Å²) in [4.78, 5) is 1.15. The van der Waals surface area contributed by atoms with E-state index in [4.69, 9.17) is 9.47 Å². The number of halogens is 1. The second-order valence-corrected chi connectivity index (χ2v) is 5.78. The molecule has 1 N–H and O–H groups in total. The maximum Gasteiger partial charge on any atom is 0.132 e. The number of rotatable bonds is 9. The Morgan fingerprint density at radius 3 is 2.76 bits per heavy atom. The van der Waals surface area contributed by atoms with Gasteiger partial charge in [-0.3, -0.25) is 0 Å². The van der Waals surface area contributed by atoms with Crippen molar-refractivity contribution in [2.45, 2.75) is 27.0 Å². The van der Waals surface area contributed by atoms with Gasteiger partial charge in [0.1, 0.15) is 5.82 Å². The number of benzene rings is 1. The van der Waals surface area contributed by atoms with Crippen molar-refractivity contribution in [3.8, 4) is 0 Å². The quantitative estimate of drug-likeness (QED) is 0.716. The SMILES string of the molecule is CCNCc1sc2cccc(F)c2c1COCCOCC. The van der Waals surface area contributed by atoms with Gasteiger partial charge < -0.3 is 14.8 Å². The number of hydrogen-bond acceptors (Lipinski definition) is 4. The third-order valence-electron chi connectivity index (χ3n) is 3.20. The molecule has 3 nitrogen and oxygen atoms in total. The maximum absolute atomic E-state index is 14.1. The molecule has 0 atom stereocenters. The average molecular weight is 311 g/mol. The summed E-state index contributed by atoms with van der Waals surface area (Å²) in [6.45, 7) is 7.87. The third-order valence-corrected chi connectivity index (χ3v) is 4.40. The lowest BCUT2D eigenvalue weighted by Crippen LogP contribution is -2.12. The largest absolute Gasteiger partial charge is 0.379 e. The van der Waals surface area contributed by atoms with E-state index in [1.165, 1.54) is 6.07 Å². The van der Waals surface area contributed by atoms with Crippen LogP contribution in [0.2, 0.25) is 0 Å². The molecule has 0 bridgehead atoms.